The lowest BCUT2D eigenvalue weighted by Gasteiger charge is -2.26. The third-order valence-corrected chi connectivity index (χ3v) is 6.13. The predicted octanol–water partition coefficient (Wildman–Crippen LogP) is 1.90. The molecule has 0 aliphatic carbocycles. The quantitative estimate of drug-likeness (QED) is 0.790. The van der Waals surface area contributed by atoms with Gasteiger partial charge in [0.2, 0.25) is 0 Å². The van der Waals surface area contributed by atoms with E-state index in [1.807, 2.05) is 32.1 Å². The van der Waals surface area contributed by atoms with E-state index in [9.17, 15) is 4.79 Å². The summed E-state index contributed by atoms with van der Waals surface area (Å²) in [6.45, 7) is 3.37. The van der Waals surface area contributed by atoms with Crippen LogP contribution in [0.4, 0.5) is 5.69 Å². The molecule has 6 heteroatoms. The molecule has 0 radical (unpaired) electrons. The maximum absolute atomic E-state index is 12.9. The summed E-state index contributed by atoms with van der Waals surface area (Å²) in [4.78, 5) is 18.2. The minimum Gasteiger partial charge on any atom is -0.486 e. The van der Waals surface area contributed by atoms with E-state index in [-0.39, 0.29) is 5.91 Å². The minimum absolute atomic E-state index is 0.186. The number of ether oxygens (including phenoxy) is 2. The van der Waals surface area contributed by atoms with Gasteiger partial charge in [0.1, 0.15) is 19.3 Å². The molecular weight excluding hydrogens is 378 g/mol. The van der Waals surface area contributed by atoms with Crippen molar-refractivity contribution in [3.63, 3.8) is 0 Å². The van der Waals surface area contributed by atoms with Crippen molar-refractivity contribution in [3.8, 4) is 11.5 Å². The van der Waals surface area contributed by atoms with Crippen molar-refractivity contribution in [1.29, 1.82) is 0 Å². The molecular formula is C24H32N3O3+. The van der Waals surface area contributed by atoms with Gasteiger partial charge in [-0.2, -0.15) is 0 Å². The average Bonchev–Trinajstić information content (AvgIpc) is 3.21. The van der Waals surface area contributed by atoms with Gasteiger partial charge in [0.05, 0.1) is 6.54 Å². The van der Waals surface area contributed by atoms with Gasteiger partial charge in [0.15, 0.2) is 18.0 Å². The molecule has 2 aromatic carbocycles. The maximum atomic E-state index is 12.9. The lowest BCUT2D eigenvalue weighted by atomic mass is 10.0. The van der Waals surface area contributed by atoms with Crippen molar-refractivity contribution in [2.24, 2.45) is 0 Å². The highest BCUT2D eigenvalue weighted by atomic mass is 16.6. The number of likely N-dealkylation sites (N-methyl/N-ethyl adjacent to an activating group) is 1. The van der Waals surface area contributed by atoms with E-state index >= 15 is 0 Å². The summed E-state index contributed by atoms with van der Waals surface area (Å²) in [6, 6.07) is 15.0. The Kier molecular flexibility index (Phi) is 6.13. The predicted molar refractivity (Wildman–Crippen MR) is 117 cm³/mol. The number of anilines is 1. The Bertz CT molecular complexity index is 882. The fourth-order valence-corrected chi connectivity index (χ4v) is 4.39. The topological polar surface area (TPSA) is 46.5 Å². The van der Waals surface area contributed by atoms with E-state index in [0.29, 0.717) is 32.3 Å². The van der Waals surface area contributed by atoms with Crippen LogP contribution in [0.3, 0.4) is 0 Å². The zero-order valence-corrected chi connectivity index (χ0v) is 18.2. The molecule has 2 aliphatic heterocycles. The lowest BCUT2D eigenvalue weighted by molar-refractivity contribution is -0.910. The molecule has 1 N–H and O–H groups in total. The molecule has 30 heavy (non-hydrogen) atoms. The number of quaternary nitrogens is 1. The normalized spacial score (nSPS) is 20.1. The van der Waals surface area contributed by atoms with Gasteiger partial charge in [0, 0.05) is 51.8 Å². The molecule has 2 aromatic rings. The zero-order valence-electron chi connectivity index (χ0n) is 18.2. The Hall–Kier alpha value is -2.73. The first-order valence-electron chi connectivity index (χ1n) is 10.8. The van der Waals surface area contributed by atoms with Gasteiger partial charge in [-0.1, -0.05) is 12.1 Å². The number of likely N-dealkylation sites (tertiary alicyclic amines) is 1. The summed E-state index contributed by atoms with van der Waals surface area (Å²) in [5.74, 6) is 1.83. The number of nitrogens with zero attached hydrogens (tertiary/aromatic N) is 2. The smallest absolute Gasteiger partial charge is 0.277 e. The monoisotopic (exact) mass is 410 g/mol. The van der Waals surface area contributed by atoms with Crippen LogP contribution in [0.25, 0.3) is 0 Å². The summed E-state index contributed by atoms with van der Waals surface area (Å²) in [5.41, 5.74) is 3.55. The first-order valence-corrected chi connectivity index (χ1v) is 10.8. The highest BCUT2D eigenvalue weighted by Gasteiger charge is 2.33. The Morgan fingerprint density at radius 2 is 1.77 bits per heavy atom. The second-order valence-electron chi connectivity index (χ2n) is 8.49. The molecule has 6 nitrogen and oxygen atoms in total. The molecule has 4 rings (SSSR count). The number of hydrogen-bond donors (Lipinski definition) is 1. The van der Waals surface area contributed by atoms with Crippen LogP contribution in [0, 0.1) is 0 Å². The van der Waals surface area contributed by atoms with Crippen LogP contribution >= 0.6 is 0 Å². The second kappa shape index (κ2) is 8.96. The fourth-order valence-electron chi connectivity index (χ4n) is 4.39. The van der Waals surface area contributed by atoms with E-state index in [0.717, 1.165) is 42.1 Å². The Morgan fingerprint density at radius 1 is 1.03 bits per heavy atom. The average molecular weight is 411 g/mol. The molecule has 0 aromatic heterocycles. The number of rotatable bonds is 6. The number of carbonyl (C=O) groups excluding carboxylic acids is 1. The van der Waals surface area contributed by atoms with E-state index in [1.54, 1.807) is 0 Å². The molecule has 1 saturated heterocycles. The zero-order chi connectivity index (χ0) is 21.1. The van der Waals surface area contributed by atoms with Crippen LogP contribution in [0.15, 0.2) is 42.5 Å². The molecule has 1 amide bonds. The van der Waals surface area contributed by atoms with E-state index in [4.69, 9.17) is 9.47 Å². The van der Waals surface area contributed by atoms with Crippen LogP contribution < -0.4 is 19.3 Å². The van der Waals surface area contributed by atoms with Crippen molar-refractivity contribution in [2.45, 2.75) is 25.4 Å². The lowest BCUT2D eigenvalue weighted by Crippen LogP contribution is -3.11. The number of fused-ring (bicyclic) bond motifs is 1. The van der Waals surface area contributed by atoms with Gasteiger partial charge in [-0.25, -0.2) is 0 Å². The summed E-state index contributed by atoms with van der Waals surface area (Å²) in [5, 5.41) is 0. The van der Waals surface area contributed by atoms with E-state index in [1.165, 1.54) is 10.5 Å². The SMILES string of the molecule is CN(Cc1ccc(N(C)C)cc1)C(=O)C[NH+]1CCC[C@H]1c1ccc2c(c1)OCCO2. The summed E-state index contributed by atoms with van der Waals surface area (Å²) in [6.07, 6.45) is 2.23. The van der Waals surface area contributed by atoms with Crippen molar-refractivity contribution < 1.29 is 19.2 Å². The van der Waals surface area contributed by atoms with Gasteiger partial charge in [-0.15, -0.1) is 0 Å². The van der Waals surface area contributed by atoms with Crippen LogP contribution in [0.5, 0.6) is 11.5 Å². The molecule has 0 saturated carbocycles. The number of carbonyl (C=O) groups is 1. The largest absolute Gasteiger partial charge is 0.486 e. The van der Waals surface area contributed by atoms with E-state index < -0.39 is 0 Å². The Balaban J connectivity index is 1.38. The fraction of sp³-hybridized carbons (Fsp3) is 0.458. The Labute approximate surface area is 179 Å². The summed E-state index contributed by atoms with van der Waals surface area (Å²) >= 11 is 0. The minimum atomic E-state index is 0.186. The Morgan fingerprint density at radius 3 is 2.50 bits per heavy atom. The van der Waals surface area contributed by atoms with Gasteiger partial charge in [0.25, 0.3) is 5.91 Å². The first-order chi connectivity index (χ1) is 14.5. The van der Waals surface area contributed by atoms with Gasteiger partial charge in [-0.3, -0.25) is 4.79 Å². The van der Waals surface area contributed by atoms with E-state index in [2.05, 4.69) is 41.3 Å². The van der Waals surface area contributed by atoms with Crippen LogP contribution in [-0.2, 0) is 11.3 Å². The highest BCUT2D eigenvalue weighted by molar-refractivity contribution is 5.76. The molecule has 160 valence electrons. The standard InChI is InChI=1S/C24H31N3O3/c1-25(2)20-9-6-18(7-10-20)16-26(3)24(28)17-27-12-4-5-21(27)19-8-11-22-23(15-19)30-14-13-29-22/h6-11,15,21H,4-5,12-14,16-17H2,1-3H3/p+1/t21-/m0/s1. The second-order valence-corrected chi connectivity index (χ2v) is 8.49. The van der Waals surface area contributed by atoms with Crippen molar-refractivity contribution in [2.75, 3.05) is 52.3 Å². The van der Waals surface area contributed by atoms with Crippen LogP contribution in [0.2, 0.25) is 0 Å². The van der Waals surface area contributed by atoms with Crippen LogP contribution in [-0.4, -0.2) is 58.3 Å². The molecule has 0 bridgehead atoms. The maximum Gasteiger partial charge on any atom is 0.277 e. The molecule has 1 unspecified atom stereocenters. The highest BCUT2D eigenvalue weighted by Crippen LogP contribution is 2.33. The van der Waals surface area contributed by atoms with Crippen LogP contribution in [0.1, 0.15) is 30.0 Å². The van der Waals surface area contributed by atoms with Gasteiger partial charge < -0.3 is 24.2 Å². The number of hydrogen-bond acceptors (Lipinski definition) is 4. The summed E-state index contributed by atoms with van der Waals surface area (Å²) < 4.78 is 11.4. The third-order valence-electron chi connectivity index (χ3n) is 6.13. The van der Waals surface area contributed by atoms with Crippen molar-refractivity contribution in [3.05, 3.63) is 53.6 Å². The molecule has 2 heterocycles. The first kappa shape index (κ1) is 20.5. The van der Waals surface area contributed by atoms with Gasteiger partial charge >= 0.3 is 0 Å². The molecule has 2 aliphatic rings. The van der Waals surface area contributed by atoms with Gasteiger partial charge in [-0.05, 0) is 35.9 Å². The molecule has 0 spiro atoms. The van der Waals surface area contributed by atoms with Crippen molar-refractivity contribution in [1.82, 2.24) is 4.90 Å². The summed E-state index contributed by atoms with van der Waals surface area (Å²) in [7, 11) is 5.96. The number of amides is 1. The number of nitrogens with one attached hydrogen (secondary N) is 1. The van der Waals surface area contributed by atoms with Crippen molar-refractivity contribution >= 4 is 11.6 Å². The molecule has 2 atom stereocenters. The molecule has 1 fully saturated rings. The third kappa shape index (κ3) is 4.54. The number of benzene rings is 2.